The molecule has 4 rings (SSSR count). The van der Waals surface area contributed by atoms with Crippen LogP contribution in [0.3, 0.4) is 0 Å². The van der Waals surface area contributed by atoms with Crippen molar-refractivity contribution in [2.45, 2.75) is 31.6 Å². The standard InChI is InChI=1S/C19H21Cl2N5O5S/c1-9-2-3-11(20)5-12(9)13-6-16-24-15(21)7-17(26(16)25-13)23-14-4-10(18(27)19(14)28)8-31-32(22,29)30/h2-3,5-7,10,14,18-19,23,27-28H,4,8H2,1H3,(H2,22,29,30)/t10-,14-,18-,19+/m1/s1. The molecule has 172 valence electrons. The summed E-state index contributed by atoms with van der Waals surface area (Å²) in [7, 11) is -4.16. The van der Waals surface area contributed by atoms with Gasteiger partial charge in [-0.1, -0.05) is 29.3 Å². The predicted octanol–water partition coefficient (Wildman–Crippen LogP) is 1.75. The van der Waals surface area contributed by atoms with Gasteiger partial charge < -0.3 is 15.5 Å². The Morgan fingerprint density at radius 2 is 2.00 bits per heavy atom. The lowest BCUT2D eigenvalue weighted by Gasteiger charge is -2.19. The van der Waals surface area contributed by atoms with Gasteiger partial charge in [0.15, 0.2) is 5.65 Å². The first-order chi connectivity index (χ1) is 15.0. The van der Waals surface area contributed by atoms with E-state index in [-0.39, 0.29) is 18.2 Å². The molecule has 1 aliphatic rings. The summed E-state index contributed by atoms with van der Waals surface area (Å²) >= 11 is 12.3. The van der Waals surface area contributed by atoms with E-state index in [4.69, 9.17) is 28.3 Å². The zero-order chi connectivity index (χ0) is 23.2. The quantitative estimate of drug-likeness (QED) is 0.372. The molecule has 0 radical (unpaired) electrons. The van der Waals surface area contributed by atoms with E-state index < -0.39 is 34.5 Å². The van der Waals surface area contributed by atoms with E-state index in [2.05, 4.69) is 19.6 Å². The van der Waals surface area contributed by atoms with Gasteiger partial charge in [0.1, 0.15) is 17.1 Å². The van der Waals surface area contributed by atoms with Crippen LogP contribution in [-0.2, 0) is 14.5 Å². The van der Waals surface area contributed by atoms with Crippen LogP contribution >= 0.6 is 23.2 Å². The van der Waals surface area contributed by atoms with Gasteiger partial charge in [0, 0.05) is 28.6 Å². The summed E-state index contributed by atoms with van der Waals surface area (Å²) in [5.41, 5.74) is 2.91. The topological polar surface area (TPSA) is 152 Å². The number of nitrogens with two attached hydrogens (primary N) is 1. The normalized spacial score (nSPS) is 23.7. The molecule has 0 bridgehead atoms. The highest BCUT2D eigenvalue weighted by Gasteiger charge is 2.42. The molecular weight excluding hydrogens is 481 g/mol. The first kappa shape index (κ1) is 23.2. The molecule has 1 aliphatic carbocycles. The van der Waals surface area contributed by atoms with Crippen LogP contribution in [0.2, 0.25) is 10.2 Å². The first-order valence-corrected chi connectivity index (χ1v) is 11.9. The molecule has 10 nitrogen and oxygen atoms in total. The number of aliphatic hydroxyl groups is 2. The van der Waals surface area contributed by atoms with Crippen molar-refractivity contribution in [3.8, 4) is 11.3 Å². The van der Waals surface area contributed by atoms with Crippen LogP contribution < -0.4 is 10.5 Å². The highest BCUT2D eigenvalue weighted by atomic mass is 35.5. The molecule has 2 aromatic heterocycles. The molecule has 0 spiro atoms. The van der Waals surface area contributed by atoms with Gasteiger partial charge in [-0.3, -0.25) is 4.18 Å². The molecule has 2 heterocycles. The lowest BCUT2D eigenvalue weighted by molar-refractivity contribution is 0.00777. The minimum atomic E-state index is -4.16. The van der Waals surface area contributed by atoms with Crippen molar-refractivity contribution in [1.82, 2.24) is 14.6 Å². The first-order valence-electron chi connectivity index (χ1n) is 9.64. The number of aliphatic hydroxyl groups excluding tert-OH is 2. The van der Waals surface area contributed by atoms with Crippen LogP contribution in [0.15, 0.2) is 30.3 Å². The number of aryl methyl sites for hydroxylation is 1. The highest BCUT2D eigenvalue weighted by Crippen LogP contribution is 2.32. The van der Waals surface area contributed by atoms with Crippen LogP contribution in [0.25, 0.3) is 16.9 Å². The maximum Gasteiger partial charge on any atom is 0.333 e. The molecule has 32 heavy (non-hydrogen) atoms. The number of hydrogen-bond acceptors (Lipinski definition) is 8. The van der Waals surface area contributed by atoms with E-state index in [0.29, 0.717) is 22.2 Å². The Hall–Kier alpha value is -1.99. The molecule has 0 aliphatic heterocycles. The SMILES string of the molecule is Cc1ccc(Cl)cc1-c1cc2nc(Cl)cc(N[C@@H]3C[C@H](COS(N)(=O)=O)[C@@H](O)[C@H]3O)n2n1. The van der Waals surface area contributed by atoms with Crippen molar-refractivity contribution in [2.24, 2.45) is 11.1 Å². The predicted molar refractivity (Wildman–Crippen MR) is 120 cm³/mol. The van der Waals surface area contributed by atoms with Crippen LogP contribution in [0, 0.1) is 12.8 Å². The molecule has 1 fully saturated rings. The average molecular weight is 502 g/mol. The highest BCUT2D eigenvalue weighted by molar-refractivity contribution is 7.84. The van der Waals surface area contributed by atoms with E-state index in [1.165, 1.54) is 4.52 Å². The fourth-order valence-corrected chi connectivity index (χ4v) is 4.58. The second-order valence-corrected chi connectivity index (χ2v) is 9.77. The van der Waals surface area contributed by atoms with E-state index in [1.807, 2.05) is 13.0 Å². The Kier molecular flexibility index (Phi) is 6.34. The van der Waals surface area contributed by atoms with Gasteiger partial charge in [-0.25, -0.2) is 10.1 Å². The maximum absolute atomic E-state index is 11.1. The summed E-state index contributed by atoms with van der Waals surface area (Å²) in [6.45, 7) is 1.59. The third-order valence-corrected chi connectivity index (χ3v) is 6.35. The fraction of sp³-hybridized carbons (Fsp3) is 0.368. The molecule has 0 saturated heterocycles. The summed E-state index contributed by atoms with van der Waals surface area (Å²) in [4.78, 5) is 4.29. The van der Waals surface area contributed by atoms with Gasteiger partial charge in [-0.05, 0) is 31.0 Å². The van der Waals surface area contributed by atoms with E-state index in [1.54, 1.807) is 24.3 Å². The van der Waals surface area contributed by atoms with Crippen molar-refractivity contribution >= 4 is 45.0 Å². The number of halogens is 2. The third-order valence-electron chi connectivity index (χ3n) is 5.45. The molecule has 4 atom stereocenters. The largest absolute Gasteiger partial charge is 0.390 e. The summed E-state index contributed by atoms with van der Waals surface area (Å²) in [5, 5.41) is 34.1. The van der Waals surface area contributed by atoms with Gasteiger partial charge in [-0.2, -0.15) is 18.0 Å². The van der Waals surface area contributed by atoms with Gasteiger partial charge >= 0.3 is 10.3 Å². The van der Waals surface area contributed by atoms with Crippen molar-refractivity contribution < 1.29 is 22.8 Å². The smallest absolute Gasteiger partial charge is 0.333 e. The molecule has 0 amide bonds. The molecule has 3 aromatic rings. The Morgan fingerprint density at radius 1 is 1.25 bits per heavy atom. The minimum absolute atomic E-state index is 0.205. The lowest BCUT2D eigenvalue weighted by atomic mass is 10.1. The molecular formula is C19H21Cl2N5O5S. The minimum Gasteiger partial charge on any atom is -0.390 e. The zero-order valence-electron chi connectivity index (χ0n) is 16.8. The van der Waals surface area contributed by atoms with Gasteiger partial charge in [0.25, 0.3) is 0 Å². The fourth-order valence-electron chi connectivity index (χ4n) is 3.85. The van der Waals surface area contributed by atoms with E-state index in [9.17, 15) is 18.6 Å². The molecule has 5 N–H and O–H groups in total. The molecule has 1 aromatic carbocycles. The number of aromatic nitrogens is 3. The van der Waals surface area contributed by atoms with Crippen LogP contribution in [0.1, 0.15) is 12.0 Å². The zero-order valence-corrected chi connectivity index (χ0v) is 19.1. The number of anilines is 1. The Bertz CT molecular complexity index is 1270. The van der Waals surface area contributed by atoms with Crippen LogP contribution in [0.4, 0.5) is 5.82 Å². The summed E-state index contributed by atoms with van der Waals surface area (Å²) in [6, 6.07) is 8.17. The maximum atomic E-state index is 11.1. The number of nitrogens with zero attached hydrogens (tertiary/aromatic N) is 3. The number of benzene rings is 1. The van der Waals surface area contributed by atoms with Gasteiger partial charge in [0.2, 0.25) is 0 Å². The van der Waals surface area contributed by atoms with Gasteiger partial charge in [0.05, 0.1) is 24.4 Å². The van der Waals surface area contributed by atoms with E-state index in [0.717, 1.165) is 11.1 Å². The molecule has 1 saturated carbocycles. The molecule has 13 heteroatoms. The monoisotopic (exact) mass is 501 g/mol. The number of nitrogens with one attached hydrogen (secondary N) is 1. The van der Waals surface area contributed by atoms with Crippen molar-refractivity contribution in [2.75, 3.05) is 11.9 Å². The summed E-state index contributed by atoms with van der Waals surface area (Å²) < 4.78 is 28.2. The Balaban J connectivity index is 1.63. The number of hydrogen-bond donors (Lipinski definition) is 4. The second kappa shape index (κ2) is 8.75. The van der Waals surface area contributed by atoms with Crippen LogP contribution in [0.5, 0.6) is 0 Å². The van der Waals surface area contributed by atoms with Crippen molar-refractivity contribution in [3.63, 3.8) is 0 Å². The number of rotatable bonds is 6. The summed E-state index contributed by atoms with van der Waals surface area (Å²) in [5.74, 6) is -0.203. The van der Waals surface area contributed by atoms with Crippen molar-refractivity contribution in [1.29, 1.82) is 0 Å². The number of fused-ring (bicyclic) bond motifs is 1. The van der Waals surface area contributed by atoms with E-state index >= 15 is 0 Å². The third kappa shape index (κ3) is 4.84. The Morgan fingerprint density at radius 3 is 2.72 bits per heavy atom. The second-order valence-electron chi connectivity index (χ2n) is 7.73. The molecule has 0 unspecified atom stereocenters. The lowest BCUT2D eigenvalue weighted by Crippen LogP contribution is -2.36. The average Bonchev–Trinajstić information content (AvgIpc) is 3.24. The van der Waals surface area contributed by atoms with Gasteiger partial charge in [-0.15, -0.1) is 0 Å². The summed E-state index contributed by atoms with van der Waals surface area (Å²) in [6.07, 6.45) is -2.17. The van der Waals surface area contributed by atoms with Crippen LogP contribution in [-0.4, -0.2) is 58.1 Å². The van der Waals surface area contributed by atoms with Crippen molar-refractivity contribution in [3.05, 3.63) is 46.1 Å². The Labute approximate surface area is 194 Å².